The fourth-order valence-electron chi connectivity index (χ4n) is 3.64. The standard InChI is InChI=1S/C20H27ClN4O2S/c1-3-25-18(11-14-7-5-4-6-8-14)23-24-20(25)28-13-19(26)22-16-12-15(21)9-10-17(16)27-2/h9-10,12,14H,3-8,11,13H2,1-2H3,(H,22,26). The smallest absolute Gasteiger partial charge is 0.234 e. The number of aromatic nitrogens is 3. The SMILES string of the molecule is CCn1c(CC2CCCCC2)nnc1SCC(=O)Nc1cc(Cl)ccc1OC. The second-order valence-corrected chi connectivity index (χ2v) is 8.41. The first-order valence-corrected chi connectivity index (χ1v) is 11.1. The summed E-state index contributed by atoms with van der Waals surface area (Å²) in [7, 11) is 1.56. The summed E-state index contributed by atoms with van der Waals surface area (Å²) in [6.45, 7) is 2.90. The molecule has 1 aromatic carbocycles. The van der Waals surface area contributed by atoms with Gasteiger partial charge in [-0.2, -0.15) is 0 Å². The number of methoxy groups -OCH3 is 1. The molecule has 1 aliphatic carbocycles. The largest absolute Gasteiger partial charge is 0.495 e. The highest BCUT2D eigenvalue weighted by Crippen LogP contribution is 2.29. The highest BCUT2D eigenvalue weighted by Gasteiger charge is 2.19. The number of hydrogen-bond donors (Lipinski definition) is 1. The monoisotopic (exact) mass is 422 g/mol. The van der Waals surface area contributed by atoms with E-state index in [1.165, 1.54) is 43.9 Å². The zero-order chi connectivity index (χ0) is 19.9. The van der Waals surface area contributed by atoms with Crippen molar-refractivity contribution in [3.8, 4) is 5.75 Å². The Morgan fingerprint density at radius 1 is 1.32 bits per heavy atom. The summed E-state index contributed by atoms with van der Waals surface area (Å²) in [4.78, 5) is 12.4. The highest BCUT2D eigenvalue weighted by molar-refractivity contribution is 7.99. The summed E-state index contributed by atoms with van der Waals surface area (Å²) in [6, 6.07) is 5.14. The van der Waals surface area contributed by atoms with Crippen molar-refractivity contribution in [3.05, 3.63) is 29.0 Å². The molecule has 0 bridgehead atoms. The average Bonchev–Trinajstić information content (AvgIpc) is 3.09. The lowest BCUT2D eigenvalue weighted by atomic mass is 9.87. The number of nitrogens with zero attached hydrogens (tertiary/aromatic N) is 3. The van der Waals surface area contributed by atoms with Crippen molar-refractivity contribution in [3.63, 3.8) is 0 Å². The predicted octanol–water partition coefficient (Wildman–Crippen LogP) is 4.81. The molecule has 1 N–H and O–H groups in total. The average molecular weight is 423 g/mol. The minimum atomic E-state index is -0.134. The molecule has 1 fully saturated rings. The number of amides is 1. The number of benzene rings is 1. The number of rotatable bonds is 8. The van der Waals surface area contributed by atoms with Gasteiger partial charge in [0.25, 0.3) is 0 Å². The van der Waals surface area contributed by atoms with Crippen LogP contribution in [0.25, 0.3) is 0 Å². The van der Waals surface area contributed by atoms with Gasteiger partial charge in [0.2, 0.25) is 5.91 Å². The van der Waals surface area contributed by atoms with E-state index in [0.717, 1.165) is 23.9 Å². The van der Waals surface area contributed by atoms with Gasteiger partial charge in [0.15, 0.2) is 5.16 Å². The third-order valence-corrected chi connectivity index (χ3v) is 6.28. The molecule has 6 nitrogen and oxygen atoms in total. The van der Waals surface area contributed by atoms with Crippen molar-refractivity contribution in [2.45, 2.75) is 57.1 Å². The van der Waals surface area contributed by atoms with Crippen LogP contribution in [0.1, 0.15) is 44.9 Å². The first-order chi connectivity index (χ1) is 13.6. The lowest BCUT2D eigenvalue weighted by Gasteiger charge is -2.21. The highest BCUT2D eigenvalue weighted by atomic mass is 35.5. The van der Waals surface area contributed by atoms with E-state index in [1.54, 1.807) is 25.3 Å². The fourth-order valence-corrected chi connectivity index (χ4v) is 4.63. The molecule has 1 heterocycles. The molecule has 1 aliphatic rings. The normalized spacial score (nSPS) is 14.8. The lowest BCUT2D eigenvalue weighted by molar-refractivity contribution is -0.113. The van der Waals surface area contributed by atoms with E-state index in [-0.39, 0.29) is 11.7 Å². The van der Waals surface area contributed by atoms with Crippen LogP contribution in [0.4, 0.5) is 5.69 Å². The molecule has 152 valence electrons. The molecule has 8 heteroatoms. The number of anilines is 1. The number of thioether (sulfide) groups is 1. The minimum absolute atomic E-state index is 0.134. The minimum Gasteiger partial charge on any atom is -0.495 e. The summed E-state index contributed by atoms with van der Waals surface area (Å²) in [6.07, 6.45) is 7.53. The molecule has 0 spiro atoms. The Labute approximate surface area is 175 Å². The summed E-state index contributed by atoms with van der Waals surface area (Å²) in [5, 5.41) is 12.9. The molecule has 2 aromatic rings. The topological polar surface area (TPSA) is 69.0 Å². The van der Waals surface area contributed by atoms with Crippen molar-refractivity contribution >= 4 is 35.0 Å². The molecule has 1 aromatic heterocycles. The zero-order valence-electron chi connectivity index (χ0n) is 16.4. The van der Waals surface area contributed by atoms with Crippen LogP contribution in [0.2, 0.25) is 5.02 Å². The third kappa shape index (κ3) is 5.41. The van der Waals surface area contributed by atoms with Crippen LogP contribution in [0.3, 0.4) is 0 Å². The van der Waals surface area contributed by atoms with Crippen LogP contribution in [-0.2, 0) is 17.8 Å². The zero-order valence-corrected chi connectivity index (χ0v) is 18.0. The van der Waals surface area contributed by atoms with E-state index in [1.807, 2.05) is 0 Å². The Morgan fingerprint density at radius 3 is 2.82 bits per heavy atom. The van der Waals surface area contributed by atoms with Crippen molar-refractivity contribution < 1.29 is 9.53 Å². The molecule has 1 saturated carbocycles. The number of hydrogen-bond acceptors (Lipinski definition) is 5. The number of halogens is 1. The van der Waals surface area contributed by atoms with Crippen molar-refractivity contribution in [1.29, 1.82) is 0 Å². The van der Waals surface area contributed by atoms with Gasteiger partial charge >= 0.3 is 0 Å². The molecular weight excluding hydrogens is 396 g/mol. The van der Waals surface area contributed by atoms with Crippen LogP contribution in [0, 0.1) is 5.92 Å². The van der Waals surface area contributed by atoms with Crippen LogP contribution in [0.15, 0.2) is 23.4 Å². The maximum Gasteiger partial charge on any atom is 0.234 e. The van der Waals surface area contributed by atoms with Crippen LogP contribution < -0.4 is 10.1 Å². The van der Waals surface area contributed by atoms with Crippen LogP contribution in [-0.4, -0.2) is 33.5 Å². The Bertz CT molecular complexity index is 805. The molecule has 3 rings (SSSR count). The number of carbonyl (C=O) groups is 1. The first kappa shape index (κ1) is 21.0. The third-order valence-electron chi connectivity index (χ3n) is 5.07. The molecule has 0 saturated heterocycles. The summed E-state index contributed by atoms with van der Waals surface area (Å²) in [5.74, 6) is 2.44. The Morgan fingerprint density at radius 2 is 2.11 bits per heavy atom. The summed E-state index contributed by atoms with van der Waals surface area (Å²) in [5.41, 5.74) is 0.565. The number of carbonyl (C=O) groups excluding carboxylic acids is 1. The Kier molecular flexibility index (Phi) is 7.62. The van der Waals surface area contributed by atoms with E-state index in [2.05, 4.69) is 27.0 Å². The van der Waals surface area contributed by atoms with E-state index in [0.29, 0.717) is 22.4 Å². The van der Waals surface area contributed by atoms with Crippen LogP contribution >= 0.6 is 23.4 Å². The predicted molar refractivity (Wildman–Crippen MR) is 113 cm³/mol. The Balaban J connectivity index is 1.59. The van der Waals surface area contributed by atoms with Gasteiger partial charge in [0, 0.05) is 18.0 Å². The number of nitrogens with one attached hydrogen (secondary N) is 1. The lowest BCUT2D eigenvalue weighted by Crippen LogP contribution is -2.16. The second kappa shape index (κ2) is 10.2. The molecule has 0 aliphatic heterocycles. The van der Waals surface area contributed by atoms with E-state index in [4.69, 9.17) is 16.3 Å². The van der Waals surface area contributed by atoms with Gasteiger partial charge in [-0.15, -0.1) is 10.2 Å². The van der Waals surface area contributed by atoms with Gasteiger partial charge in [0.1, 0.15) is 11.6 Å². The molecule has 0 radical (unpaired) electrons. The van der Waals surface area contributed by atoms with E-state index < -0.39 is 0 Å². The van der Waals surface area contributed by atoms with Crippen LogP contribution in [0.5, 0.6) is 5.75 Å². The molecular formula is C20H27ClN4O2S. The van der Waals surface area contributed by atoms with Gasteiger partial charge in [-0.3, -0.25) is 4.79 Å². The quantitative estimate of drug-likeness (QED) is 0.618. The van der Waals surface area contributed by atoms with Gasteiger partial charge in [-0.05, 0) is 31.0 Å². The summed E-state index contributed by atoms with van der Waals surface area (Å²) >= 11 is 7.42. The van der Waals surface area contributed by atoms with Crippen molar-refractivity contribution in [2.75, 3.05) is 18.2 Å². The molecule has 0 unspecified atom stereocenters. The van der Waals surface area contributed by atoms with Crippen molar-refractivity contribution in [2.24, 2.45) is 5.92 Å². The van der Waals surface area contributed by atoms with Gasteiger partial charge in [-0.25, -0.2) is 0 Å². The maximum atomic E-state index is 12.4. The number of ether oxygens (including phenoxy) is 1. The summed E-state index contributed by atoms with van der Waals surface area (Å²) < 4.78 is 7.40. The molecule has 1 amide bonds. The molecule has 0 atom stereocenters. The van der Waals surface area contributed by atoms with Gasteiger partial charge in [-0.1, -0.05) is 55.5 Å². The van der Waals surface area contributed by atoms with Gasteiger partial charge in [0.05, 0.1) is 18.6 Å². The first-order valence-electron chi connectivity index (χ1n) is 9.79. The Hall–Kier alpha value is -1.73. The van der Waals surface area contributed by atoms with Crippen molar-refractivity contribution in [1.82, 2.24) is 14.8 Å². The van der Waals surface area contributed by atoms with Gasteiger partial charge < -0.3 is 14.6 Å². The van der Waals surface area contributed by atoms with E-state index in [9.17, 15) is 4.79 Å². The fraction of sp³-hybridized carbons (Fsp3) is 0.550. The van der Waals surface area contributed by atoms with E-state index >= 15 is 0 Å². The second-order valence-electron chi connectivity index (χ2n) is 7.03. The maximum absolute atomic E-state index is 12.4. The molecule has 28 heavy (non-hydrogen) atoms.